The number of rotatable bonds is 3. The van der Waals surface area contributed by atoms with Crippen molar-refractivity contribution in [2.45, 2.75) is 9.92 Å². The summed E-state index contributed by atoms with van der Waals surface area (Å²) in [6.07, 6.45) is 0. The summed E-state index contributed by atoms with van der Waals surface area (Å²) in [5.74, 6) is 0. The van der Waals surface area contributed by atoms with Gasteiger partial charge in [0.25, 0.3) is 0 Å². The Kier molecular flexibility index (Phi) is 4.01. The third-order valence-electron chi connectivity index (χ3n) is 4.80. The van der Waals surface area contributed by atoms with Crippen LogP contribution in [0.15, 0.2) is 64.5 Å². The van der Waals surface area contributed by atoms with E-state index in [4.69, 9.17) is 0 Å². The van der Waals surface area contributed by atoms with Gasteiger partial charge in [-0.1, -0.05) is 30.3 Å². The van der Waals surface area contributed by atoms with Gasteiger partial charge in [-0.25, -0.2) is 8.42 Å². The topological polar surface area (TPSA) is 56.4 Å². The molecule has 0 unspecified atom stereocenters. The standard InChI is InChI=1S/C19H21N3O2S/c1-21-10-12-22(13-11-21)17-9-5-6-15-14-18(20-19(15)17)25(23,24)16-7-3-2-4-8-16/h2-9,14,20H,10-13H2,1H3. The van der Waals surface area contributed by atoms with Crippen LogP contribution in [0.4, 0.5) is 5.69 Å². The Morgan fingerprint density at radius 2 is 1.64 bits per heavy atom. The molecule has 0 amide bonds. The first kappa shape index (κ1) is 16.2. The summed E-state index contributed by atoms with van der Waals surface area (Å²) in [7, 11) is -1.42. The second-order valence-electron chi connectivity index (χ2n) is 6.48. The molecule has 0 radical (unpaired) electrons. The lowest BCUT2D eigenvalue weighted by Crippen LogP contribution is -2.44. The van der Waals surface area contributed by atoms with E-state index in [1.165, 1.54) is 0 Å². The van der Waals surface area contributed by atoms with Crippen LogP contribution in [-0.4, -0.2) is 51.5 Å². The summed E-state index contributed by atoms with van der Waals surface area (Å²) in [5.41, 5.74) is 1.96. The number of benzene rings is 2. The molecule has 0 aliphatic carbocycles. The molecule has 4 rings (SSSR count). The number of nitrogens with one attached hydrogen (secondary N) is 1. The predicted molar refractivity (Wildman–Crippen MR) is 99.9 cm³/mol. The second kappa shape index (κ2) is 6.20. The van der Waals surface area contributed by atoms with Crippen LogP contribution < -0.4 is 4.90 Å². The quantitative estimate of drug-likeness (QED) is 0.785. The highest BCUT2D eigenvalue weighted by molar-refractivity contribution is 7.91. The van der Waals surface area contributed by atoms with Gasteiger partial charge in [0.15, 0.2) is 0 Å². The van der Waals surface area contributed by atoms with Crippen molar-refractivity contribution in [1.29, 1.82) is 0 Å². The number of likely N-dealkylation sites (N-methyl/N-ethyl adjacent to an activating group) is 1. The zero-order chi connectivity index (χ0) is 17.4. The Morgan fingerprint density at radius 1 is 0.920 bits per heavy atom. The molecule has 5 nitrogen and oxygen atoms in total. The molecule has 1 aromatic heterocycles. The lowest BCUT2D eigenvalue weighted by molar-refractivity contribution is 0.313. The number of piperazine rings is 1. The second-order valence-corrected chi connectivity index (χ2v) is 8.40. The van der Waals surface area contributed by atoms with Crippen LogP contribution in [0.1, 0.15) is 0 Å². The molecule has 3 aromatic rings. The van der Waals surface area contributed by atoms with E-state index in [0.29, 0.717) is 4.90 Å². The van der Waals surface area contributed by atoms with Gasteiger partial charge in [-0.3, -0.25) is 0 Å². The third-order valence-corrected chi connectivity index (χ3v) is 6.49. The average molecular weight is 355 g/mol. The van der Waals surface area contributed by atoms with Crippen molar-refractivity contribution in [2.24, 2.45) is 0 Å². The van der Waals surface area contributed by atoms with Crippen LogP contribution in [0.3, 0.4) is 0 Å². The molecule has 0 spiro atoms. The zero-order valence-electron chi connectivity index (χ0n) is 14.1. The molecule has 0 saturated carbocycles. The number of aromatic nitrogens is 1. The largest absolute Gasteiger partial charge is 0.367 e. The molecule has 1 aliphatic heterocycles. The smallest absolute Gasteiger partial charge is 0.221 e. The summed E-state index contributed by atoms with van der Waals surface area (Å²) >= 11 is 0. The maximum atomic E-state index is 12.9. The van der Waals surface area contributed by atoms with Gasteiger partial charge < -0.3 is 14.8 Å². The van der Waals surface area contributed by atoms with Crippen molar-refractivity contribution in [1.82, 2.24) is 9.88 Å². The van der Waals surface area contributed by atoms with Crippen LogP contribution in [0.5, 0.6) is 0 Å². The van der Waals surface area contributed by atoms with Crippen molar-refractivity contribution in [3.8, 4) is 0 Å². The first-order chi connectivity index (χ1) is 12.1. The fraction of sp³-hybridized carbons (Fsp3) is 0.263. The van der Waals surface area contributed by atoms with Gasteiger partial charge >= 0.3 is 0 Å². The molecule has 130 valence electrons. The first-order valence-corrected chi connectivity index (χ1v) is 9.89. The Morgan fingerprint density at radius 3 is 2.36 bits per heavy atom. The van der Waals surface area contributed by atoms with Gasteiger partial charge in [-0.15, -0.1) is 0 Å². The van der Waals surface area contributed by atoms with Crippen LogP contribution in [0.25, 0.3) is 10.9 Å². The van der Waals surface area contributed by atoms with Crippen LogP contribution >= 0.6 is 0 Å². The molecule has 1 saturated heterocycles. The molecular formula is C19H21N3O2S. The van der Waals surface area contributed by atoms with E-state index in [-0.39, 0.29) is 5.03 Å². The molecule has 0 atom stereocenters. The SMILES string of the molecule is CN1CCN(c2cccc3cc(S(=O)(=O)c4ccccc4)[nH]c23)CC1. The normalized spacial score (nSPS) is 16.4. The molecule has 1 fully saturated rings. The number of para-hydroxylation sites is 1. The molecule has 0 bridgehead atoms. The first-order valence-electron chi connectivity index (χ1n) is 8.41. The van der Waals surface area contributed by atoms with Gasteiger partial charge in [0.1, 0.15) is 5.03 Å². The average Bonchev–Trinajstić information content (AvgIpc) is 3.08. The summed E-state index contributed by atoms with van der Waals surface area (Å²) in [6.45, 7) is 3.89. The molecule has 25 heavy (non-hydrogen) atoms. The number of sulfone groups is 1. The number of anilines is 1. The molecule has 2 aromatic carbocycles. The van der Waals surface area contributed by atoms with E-state index in [0.717, 1.165) is 42.8 Å². The Labute approximate surface area is 147 Å². The summed E-state index contributed by atoms with van der Waals surface area (Å²) in [6, 6.07) is 16.3. The van der Waals surface area contributed by atoms with Gasteiger partial charge in [0.05, 0.1) is 16.1 Å². The van der Waals surface area contributed by atoms with Crippen LogP contribution in [-0.2, 0) is 9.84 Å². The number of hydrogen-bond acceptors (Lipinski definition) is 4. The Hall–Kier alpha value is -2.31. The van der Waals surface area contributed by atoms with Gasteiger partial charge in [0.2, 0.25) is 9.84 Å². The summed E-state index contributed by atoms with van der Waals surface area (Å²) < 4.78 is 25.8. The predicted octanol–water partition coefficient (Wildman–Crippen LogP) is 2.75. The van der Waals surface area contributed by atoms with Gasteiger partial charge in [-0.05, 0) is 31.3 Å². The van der Waals surface area contributed by atoms with E-state index < -0.39 is 9.84 Å². The van der Waals surface area contributed by atoms with Crippen molar-refractivity contribution in [2.75, 3.05) is 38.1 Å². The van der Waals surface area contributed by atoms with E-state index in [1.807, 2.05) is 18.2 Å². The highest BCUT2D eigenvalue weighted by Crippen LogP contribution is 2.31. The Balaban J connectivity index is 1.77. The monoisotopic (exact) mass is 355 g/mol. The minimum atomic E-state index is -3.54. The van der Waals surface area contributed by atoms with E-state index in [2.05, 4.69) is 27.9 Å². The zero-order valence-corrected chi connectivity index (χ0v) is 15.0. The molecule has 1 aliphatic rings. The van der Waals surface area contributed by atoms with Crippen molar-refractivity contribution >= 4 is 26.4 Å². The number of aromatic amines is 1. The maximum absolute atomic E-state index is 12.9. The fourth-order valence-corrected chi connectivity index (χ4v) is 4.58. The van der Waals surface area contributed by atoms with Gasteiger partial charge in [-0.2, -0.15) is 0 Å². The van der Waals surface area contributed by atoms with Crippen molar-refractivity contribution < 1.29 is 8.42 Å². The third kappa shape index (κ3) is 2.92. The van der Waals surface area contributed by atoms with Crippen LogP contribution in [0.2, 0.25) is 0 Å². The number of hydrogen-bond donors (Lipinski definition) is 1. The molecule has 2 heterocycles. The Bertz CT molecular complexity index is 988. The van der Waals surface area contributed by atoms with E-state index in [9.17, 15) is 8.42 Å². The highest BCUT2D eigenvalue weighted by Gasteiger charge is 2.22. The van der Waals surface area contributed by atoms with Crippen molar-refractivity contribution in [3.63, 3.8) is 0 Å². The van der Waals surface area contributed by atoms with Gasteiger partial charge in [0, 0.05) is 31.6 Å². The lowest BCUT2D eigenvalue weighted by Gasteiger charge is -2.34. The van der Waals surface area contributed by atoms with E-state index in [1.54, 1.807) is 30.3 Å². The lowest BCUT2D eigenvalue weighted by atomic mass is 10.2. The number of H-pyrrole nitrogens is 1. The molecule has 1 N–H and O–H groups in total. The fourth-order valence-electron chi connectivity index (χ4n) is 3.30. The van der Waals surface area contributed by atoms with Crippen molar-refractivity contribution in [3.05, 3.63) is 54.6 Å². The van der Waals surface area contributed by atoms with Crippen LogP contribution in [0, 0.1) is 0 Å². The minimum absolute atomic E-state index is 0.246. The maximum Gasteiger partial charge on any atom is 0.221 e. The number of nitrogens with zero attached hydrogens (tertiary/aromatic N) is 2. The molecular weight excluding hydrogens is 334 g/mol. The minimum Gasteiger partial charge on any atom is -0.367 e. The highest BCUT2D eigenvalue weighted by atomic mass is 32.2. The number of fused-ring (bicyclic) bond motifs is 1. The summed E-state index contributed by atoms with van der Waals surface area (Å²) in [4.78, 5) is 8.10. The summed E-state index contributed by atoms with van der Waals surface area (Å²) in [5, 5.41) is 1.17. The van der Waals surface area contributed by atoms with E-state index >= 15 is 0 Å². The molecule has 6 heteroatoms.